The molecule has 184 valence electrons. The number of benzene rings is 2. The van der Waals surface area contributed by atoms with Gasteiger partial charge in [-0.3, -0.25) is 9.69 Å². The van der Waals surface area contributed by atoms with Crippen molar-refractivity contribution in [2.75, 3.05) is 51.5 Å². The first-order valence-electron chi connectivity index (χ1n) is 11.3. The van der Waals surface area contributed by atoms with Gasteiger partial charge in [-0.25, -0.2) is 9.18 Å². The van der Waals surface area contributed by atoms with Crippen LogP contribution in [0.15, 0.2) is 42.5 Å². The van der Waals surface area contributed by atoms with Gasteiger partial charge in [0.1, 0.15) is 18.2 Å². The normalized spacial score (nSPS) is 22.1. The fourth-order valence-electron chi connectivity index (χ4n) is 3.89. The van der Waals surface area contributed by atoms with E-state index in [1.165, 1.54) is 18.2 Å². The van der Waals surface area contributed by atoms with Crippen LogP contribution in [0.3, 0.4) is 0 Å². The molecule has 0 fully saturated rings. The standard InChI is InChI=1S/C25H33FN4O4/c1-16-13-29(3)17(2)15-34-22-12-20(28-25(32)27-19-8-6-7-18(26)11-19)9-10-21(22)24(31)30(4)14-23(16)33-5/h6-12,16-17,23H,13-15H2,1-5H3,(H2,27,28,32)/t16-,17+,23-/m0/s1. The number of fused-ring (bicyclic) bond motifs is 1. The largest absolute Gasteiger partial charge is 0.491 e. The van der Waals surface area contributed by atoms with E-state index in [9.17, 15) is 14.0 Å². The molecule has 9 heteroatoms. The van der Waals surface area contributed by atoms with Crippen molar-refractivity contribution in [3.63, 3.8) is 0 Å². The average Bonchev–Trinajstić information content (AvgIpc) is 2.79. The molecule has 3 rings (SSSR count). The predicted molar refractivity (Wildman–Crippen MR) is 130 cm³/mol. The SMILES string of the molecule is CO[C@H]1CN(C)C(=O)c2ccc(NC(=O)Nc3cccc(F)c3)cc2OC[C@@H](C)N(C)C[C@@H]1C. The first-order chi connectivity index (χ1) is 16.2. The van der Waals surface area contributed by atoms with Gasteiger partial charge in [0.25, 0.3) is 5.91 Å². The van der Waals surface area contributed by atoms with Crippen LogP contribution in [-0.4, -0.2) is 74.8 Å². The highest BCUT2D eigenvalue weighted by molar-refractivity contribution is 6.01. The third-order valence-corrected chi connectivity index (χ3v) is 6.10. The lowest BCUT2D eigenvalue weighted by atomic mass is 10.0. The molecule has 2 aromatic carbocycles. The third kappa shape index (κ3) is 6.45. The van der Waals surface area contributed by atoms with Gasteiger partial charge in [-0.05, 0) is 50.2 Å². The zero-order valence-electron chi connectivity index (χ0n) is 20.3. The van der Waals surface area contributed by atoms with Crippen molar-refractivity contribution in [1.82, 2.24) is 9.80 Å². The number of nitrogens with one attached hydrogen (secondary N) is 2. The van der Waals surface area contributed by atoms with Crippen LogP contribution in [0.5, 0.6) is 5.75 Å². The Labute approximate surface area is 200 Å². The van der Waals surface area contributed by atoms with Crippen LogP contribution in [0.2, 0.25) is 0 Å². The maximum atomic E-state index is 13.4. The highest BCUT2D eigenvalue weighted by Gasteiger charge is 2.27. The fraction of sp³-hybridized carbons (Fsp3) is 0.440. The average molecular weight is 473 g/mol. The second-order valence-electron chi connectivity index (χ2n) is 8.84. The summed E-state index contributed by atoms with van der Waals surface area (Å²) in [6, 6.07) is 10.1. The summed E-state index contributed by atoms with van der Waals surface area (Å²) in [5.41, 5.74) is 1.17. The number of anilines is 2. The molecule has 1 aliphatic rings. The highest BCUT2D eigenvalue weighted by atomic mass is 19.1. The van der Waals surface area contributed by atoms with Gasteiger partial charge in [0.2, 0.25) is 0 Å². The van der Waals surface area contributed by atoms with Gasteiger partial charge in [-0.2, -0.15) is 0 Å². The second kappa shape index (κ2) is 11.3. The molecule has 2 aromatic rings. The summed E-state index contributed by atoms with van der Waals surface area (Å²) in [5, 5.41) is 5.29. The Morgan fingerprint density at radius 3 is 2.47 bits per heavy atom. The van der Waals surface area contributed by atoms with Gasteiger partial charge >= 0.3 is 6.03 Å². The maximum Gasteiger partial charge on any atom is 0.323 e. The summed E-state index contributed by atoms with van der Waals surface area (Å²) in [4.78, 5) is 29.4. The van der Waals surface area contributed by atoms with Crippen molar-refractivity contribution in [2.24, 2.45) is 5.92 Å². The van der Waals surface area contributed by atoms with Gasteiger partial charge in [-0.1, -0.05) is 13.0 Å². The molecule has 0 spiro atoms. The molecule has 34 heavy (non-hydrogen) atoms. The first-order valence-corrected chi connectivity index (χ1v) is 11.3. The summed E-state index contributed by atoms with van der Waals surface area (Å²) in [6.45, 7) is 5.77. The molecule has 0 aromatic heterocycles. The van der Waals surface area contributed by atoms with E-state index >= 15 is 0 Å². The summed E-state index contributed by atoms with van der Waals surface area (Å²) < 4.78 is 25.1. The van der Waals surface area contributed by atoms with Gasteiger partial charge in [-0.15, -0.1) is 0 Å². The lowest BCUT2D eigenvalue weighted by Crippen LogP contribution is -2.45. The quantitative estimate of drug-likeness (QED) is 0.708. The van der Waals surface area contributed by atoms with Crippen LogP contribution >= 0.6 is 0 Å². The Bertz CT molecular complexity index is 1020. The van der Waals surface area contributed by atoms with Gasteiger partial charge in [0.05, 0.1) is 11.7 Å². The number of hydrogen-bond acceptors (Lipinski definition) is 5. The predicted octanol–water partition coefficient (Wildman–Crippen LogP) is 3.91. The highest BCUT2D eigenvalue weighted by Crippen LogP contribution is 2.27. The Kier molecular flexibility index (Phi) is 8.46. The zero-order valence-corrected chi connectivity index (χ0v) is 20.3. The summed E-state index contributed by atoms with van der Waals surface area (Å²) in [7, 11) is 5.44. The van der Waals surface area contributed by atoms with E-state index in [4.69, 9.17) is 9.47 Å². The molecule has 0 radical (unpaired) electrons. The number of carbonyl (C=O) groups is 2. The molecular formula is C25H33FN4O4. The Morgan fingerprint density at radius 1 is 1.09 bits per heavy atom. The molecule has 3 atom stereocenters. The second-order valence-corrected chi connectivity index (χ2v) is 8.84. The maximum absolute atomic E-state index is 13.4. The molecule has 2 N–H and O–H groups in total. The van der Waals surface area contributed by atoms with Gasteiger partial charge in [0.15, 0.2) is 0 Å². The van der Waals surface area contributed by atoms with Crippen LogP contribution < -0.4 is 15.4 Å². The monoisotopic (exact) mass is 472 g/mol. The molecule has 0 unspecified atom stereocenters. The number of nitrogens with zero attached hydrogens (tertiary/aromatic N) is 2. The summed E-state index contributed by atoms with van der Waals surface area (Å²) >= 11 is 0. The van der Waals surface area contributed by atoms with E-state index < -0.39 is 11.8 Å². The zero-order chi connectivity index (χ0) is 24.8. The van der Waals surface area contributed by atoms with Crippen molar-refractivity contribution in [1.29, 1.82) is 0 Å². The summed E-state index contributed by atoms with van der Waals surface area (Å²) in [5.74, 6) is -0.0440. The van der Waals surface area contributed by atoms with Crippen LogP contribution in [0.25, 0.3) is 0 Å². The fourth-order valence-corrected chi connectivity index (χ4v) is 3.89. The number of amides is 3. The minimum absolute atomic E-state index is 0.0907. The lowest BCUT2D eigenvalue weighted by Gasteiger charge is -2.34. The van der Waals surface area contributed by atoms with E-state index in [1.54, 1.807) is 43.3 Å². The Hall–Kier alpha value is -3.17. The van der Waals surface area contributed by atoms with E-state index in [2.05, 4.69) is 29.4 Å². The molecule has 1 heterocycles. The number of hydrogen-bond donors (Lipinski definition) is 2. The summed E-state index contributed by atoms with van der Waals surface area (Å²) in [6.07, 6.45) is -0.111. The smallest absolute Gasteiger partial charge is 0.323 e. The van der Waals surface area contributed by atoms with Gasteiger partial charge < -0.3 is 25.0 Å². The van der Waals surface area contributed by atoms with Crippen LogP contribution in [-0.2, 0) is 4.74 Å². The number of halogens is 1. The molecule has 0 aliphatic carbocycles. The molecular weight excluding hydrogens is 439 g/mol. The number of ether oxygens (including phenoxy) is 2. The van der Waals surface area contributed by atoms with Crippen LogP contribution in [0.1, 0.15) is 24.2 Å². The van der Waals surface area contributed by atoms with Crippen molar-refractivity contribution < 1.29 is 23.5 Å². The van der Waals surface area contributed by atoms with E-state index in [0.717, 1.165) is 6.54 Å². The Morgan fingerprint density at radius 2 is 1.79 bits per heavy atom. The van der Waals surface area contributed by atoms with Crippen LogP contribution in [0.4, 0.5) is 20.6 Å². The molecule has 1 aliphatic heterocycles. The minimum atomic E-state index is -0.535. The topological polar surface area (TPSA) is 83.1 Å². The minimum Gasteiger partial charge on any atom is -0.491 e. The number of urea groups is 1. The van der Waals surface area contributed by atoms with Crippen molar-refractivity contribution in [3.05, 3.63) is 53.8 Å². The van der Waals surface area contributed by atoms with Crippen molar-refractivity contribution in [2.45, 2.75) is 26.0 Å². The molecule has 0 saturated heterocycles. The Balaban J connectivity index is 1.83. The van der Waals surface area contributed by atoms with E-state index in [0.29, 0.717) is 35.8 Å². The molecule has 0 saturated carbocycles. The lowest BCUT2D eigenvalue weighted by molar-refractivity contribution is 0.0150. The van der Waals surface area contributed by atoms with Crippen LogP contribution in [0, 0.1) is 11.7 Å². The van der Waals surface area contributed by atoms with E-state index in [-0.39, 0.29) is 24.0 Å². The number of rotatable bonds is 3. The number of likely N-dealkylation sites (N-methyl/N-ethyl adjacent to an activating group) is 2. The van der Waals surface area contributed by atoms with Crippen molar-refractivity contribution in [3.8, 4) is 5.75 Å². The van der Waals surface area contributed by atoms with Crippen molar-refractivity contribution >= 4 is 23.3 Å². The molecule has 8 nitrogen and oxygen atoms in total. The number of methoxy groups -OCH3 is 1. The third-order valence-electron chi connectivity index (χ3n) is 6.10. The van der Waals surface area contributed by atoms with Gasteiger partial charge in [0, 0.05) is 50.7 Å². The van der Waals surface area contributed by atoms with E-state index in [1.807, 2.05) is 7.05 Å². The first kappa shape index (κ1) is 25.5. The molecule has 3 amide bonds. The number of carbonyl (C=O) groups excluding carboxylic acids is 2. The molecule has 0 bridgehead atoms.